The SMILES string of the molecule is COc1cc(N)ccc1Oc1cc(C)ncn1. The van der Waals surface area contributed by atoms with E-state index in [-0.39, 0.29) is 0 Å². The summed E-state index contributed by atoms with van der Waals surface area (Å²) >= 11 is 0. The molecule has 0 saturated carbocycles. The quantitative estimate of drug-likeness (QED) is 0.820. The van der Waals surface area contributed by atoms with Crippen LogP contribution in [0.3, 0.4) is 0 Å². The molecule has 1 aromatic heterocycles. The molecule has 2 rings (SSSR count). The summed E-state index contributed by atoms with van der Waals surface area (Å²) < 4.78 is 10.8. The topological polar surface area (TPSA) is 70.3 Å². The Morgan fingerprint density at radius 2 is 1.94 bits per heavy atom. The number of nitrogens with zero attached hydrogens (tertiary/aromatic N) is 2. The predicted molar refractivity (Wildman–Crippen MR) is 64.2 cm³/mol. The van der Waals surface area contributed by atoms with Crippen molar-refractivity contribution in [3.8, 4) is 17.4 Å². The molecule has 2 aromatic rings. The number of rotatable bonds is 3. The van der Waals surface area contributed by atoms with Crippen molar-refractivity contribution >= 4 is 5.69 Å². The fourth-order valence-corrected chi connectivity index (χ4v) is 1.37. The maximum atomic E-state index is 5.66. The predicted octanol–water partition coefficient (Wildman–Crippen LogP) is 2.17. The Morgan fingerprint density at radius 3 is 2.65 bits per heavy atom. The average Bonchev–Trinajstić information content (AvgIpc) is 2.31. The van der Waals surface area contributed by atoms with Crippen molar-refractivity contribution in [1.82, 2.24) is 9.97 Å². The minimum absolute atomic E-state index is 0.473. The summed E-state index contributed by atoms with van der Waals surface area (Å²) in [5.41, 5.74) is 7.12. The van der Waals surface area contributed by atoms with Gasteiger partial charge in [-0.3, -0.25) is 0 Å². The second-order valence-electron chi connectivity index (χ2n) is 3.51. The molecule has 0 aliphatic carbocycles. The van der Waals surface area contributed by atoms with Crippen molar-refractivity contribution in [3.63, 3.8) is 0 Å². The second-order valence-corrected chi connectivity index (χ2v) is 3.51. The molecule has 0 radical (unpaired) electrons. The minimum atomic E-state index is 0.473. The van der Waals surface area contributed by atoms with E-state index in [1.165, 1.54) is 6.33 Å². The maximum Gasteiger partial charge on any atom is 0.222 e. The van der Waals surface area contributed by atoms with Crippen LogP contribution in [0.5, 0.6) is 17.4 Å². The Labute approximate surface area is 99.2 Å². The molecule has 17 heavy (non-hydrogen) atoms. The highest BCUT2D eigenvalue weighted by Crippen LogP contribution is 2.32. The molecule has 0 saturated heterocycles. The Kier molecular flexibility index (Phi) is 3.09. The van der Waals surface area contributed by atoms with Crippen LogP contribution in [0.25, 0.3) is 0 Å². The standard InChI is InChI=1S/C12H13N3O2/c1-8-5-12(15-7-14-8)17-10-4-3-9(13)6-11(10)16-2/h3-7H,13H2,1-2H3. The zero-order valence-corrected chi connectivity index (χ0v) is 9.68. The van der Waals surface area contributed by atoms with Gasteiger partial charge in [0.1, 0.15) is 6.33 Å². The van der Waals surface area contributed by atoms with E-state index in [2.05, 4.69) is 9.97 Å². The fourth-order valence-electron chi connectivity index (χ4n) is 1.37. The van der Waals surface area contributed by atoms with E-state index >= 15 is 0 Å². The van der Waals surface area contributed by atoms with Gasteiger partial charge in [-0.1, -0.05) is 0 Å². The molecule has 1 aromatic carbocycles. The lowest BCUT2D eigenvalue weighted by atomic mass is 10.3. The Hall–Kier alpha value is -2.30. The molecule has 0 spiro atoms. The first-order chi connectivity index (χ1) is 8.19. The van der Waals surface area contributed by atoms with Crippen LogP contribution in [0.2, 0.25) is 0 Å². The summed E-state index contributed by atoms with van der Waals surface area (Å²) in [6.45, 7) is 1.87. The molecular weight excluding hydrogens is 218 g/mol. The third kappa shape index (κ3) is 2.63. The normalized spacial score (nSPS) is 10.0. The summed E-state index contributed by atoms with van der Waals surface area (Å²) in [6, 6.07) is 6.93. The number of aryl methyl sites for hydroxylation is 1. The zero-order chi connectivity index (χ0) is 12.3. The third-order valence-electron chi connectivity index (χ3n) is 2.18. The van der Waals surface area contributed by atoms with Gasteiger partial charge >= 0.3 is 0 Å². The molecule has 5 heteroatoms. The van der Waals surface area contributed by atoms with Crippen molar-refractivity contribution in [2.45, 2.75) is 6.92 Å². The van der Waals surface area contributed by atoms with Gasteiger partial charge in [0.05, 0.1) is 7.11 Å². The highest BCUT2D eigenvalue weighted by atomic mass is 16.5. The van der Waals surface area contributed by atoms with Crippen LogP contribution in [-0.4, -0.2) is 17.1 Å². The van der Waals surface area contributed by atoms with Gasteiger partial charge in [-0.05, 0) is 19.1 Å². The van der Waals surface area contributed by atoms with Crippen LogP contribution in [0.1, 0.15) is 5.69 Å². The van der Waals surface area contributed by atoms with Crippen LogP contribution < -0.4 is 15.2 Å². The Balaban J connectivity index is 2.29. The zero-order valence-electron chi connectivity index (χ0n) is 9.68. The largest absolute Gasteiger partial charge is 0.493 e. The maximum absolute atomic E-state index is 5.66. The summed E-state index contributed by atoms with van der Waals surface area (Å²) in [5, 5.41) is 0. The summed E-state index contributed by atoms with van der Waals surface area (Å²) in [7, 11) is 1.56. The molecule has 0 amide bonds. The number of hydrogen-bond donors (Lipinski definition) is 1. The van der Waals surface area contributed by atoms with Crippen molar-refractivity contribution in [2.24, 2.45) is 0 Å². The molecule has 1 heterocycles. The number of anilines is 1. The lowest BCUT2D eigenvalue weighted by Gasteiger charge is -2.10. The molecule has 88 valence electrons. The van der Waals surface area contributed by atoms with Crippen LogP contribution in [0.15, 0.2) is 30.6 Å². The molecule has 0 bridgehead atoms. The van der Waals surface area contributed by atoms with E-state index in [1.54, 1.807) is 31.4 Å². The number of ether oxygens (including phenoxy) is 2. The number of benzene rings is 1. The average molecular weight is 231 g/mol. The van der Waals surface area contributed by atoms with Crippen molar-refractivity contribution < 1.29 is 9.47 Å². The van der Waals surface area contributed by atoms with Gasteiger partial charge in [0, 0.05) is 23.5 Å². The molecule has 0 fully saturated rings. The Morgan fingerprint density at radius 1 is 1.12 bits per heavy atom. The number of hydrogen-bond acceptors (Lipinski definition) is 5. The summed E-state index contributed by atoms with van der Waals surface area (Å²) in [4.78, 5) is 8.01. The molecule has 5 nitrogen and oxygen atoms in total. The minimum Gasteiger partial charge on any atom is -0.493 e. The molecule has 2 N–H and O–H groups in total. The highest BCUT2D eigenvalue weighted by molar-refractivity contribution is 5.52. The molecular formula is C12H13N3O2. The monoisotopic (exact) mass is 231 g/mol. The van der Waals surface area contributed by atoms with Crippen molar-refractivity contribution in [3.05, 3.63) is 36.3 Å². The van der Waals surface area contributed by atoms with Crippen LogP contribution in [0, 0.1) is 6.92 Å². The molecule has 0 aliphatic rings. The number of aromatic nitrogens is 2. The van der Waals surface area contributed by atoms with E-state index in [0.29, 0.717) is 23.1 Å². The first-order valence-electron chi connectivity index (χ1n) is 5.09. The van der Waals surface area contributed by atoms with E-state index in [9.17, 15) is 0 Å². The van der Waals surface area contributed by atoms with Crippen molar-refractivity contribution in [2.75, 3.05) is 12.8 Å². The van der Waals surface area contributed by atoms with Gasteiger partial charge in [0.15, 0.2) is 11.5 Å². The van der Waals surface area contributed by atoms with E-state index in [1.807, 2.05) is 6.92 Å². The van der Waals surface area contributed by atoms with Gasteiger partial charge in [0.25, 0.3) is 0 Å². The molecule has 0 unspecified atom stereocenters. The summed E-state index contributed by atoms with van der Waals surface area (Å²) in [6.07, 6.45) is 1.45. The van der Waals surface area contributed by atoms with Gasteiger partial charge in [-0.2, -0.15) is 0 Å². The number of methoxy groups -OCH3 is 1. The first kappa shape index (κ1) is 11.2. The molecule has 0 aliphatic heterocycles. The molecule has 0 atom stereocenters. The third-order valence-corrected chi connectivity index (χ3v) is 2.18. The van der Waals surface area contributed by atoms with Crippen LogP contribution in [-0.2, 0) is 0 Å². The Bertz CT molecular complexity index is 529. The van der Waals surface area contributed by atoms with E-state index in [4.69, 9.17) is 15.2 Å². The smallest absolute Gasteiger partial charge is 0.222 e. The summed E-state index contributed by atoms with van der Waals surface area (Å²) in [5.74, 6) is 1.61. The van der Waals surface area contributed by atoms with Gasteiger partial charge in [-0.15, -0.1) is 0 Å². The number of nitrogens with two attached hydrogens (primary N) is 1. The lowest BCUT2D eigenvalue weighted by Crippen LogP contribution is -1.95. The van der Waals surface area contributed by atoms with Gasteiger partial charge in [-0.25, -0.2) is 9.97 Å². The van der Waals surface area contributed by atoms with Crippen LogP contribution in [0.4, 0.5) is 5.69 Å². The second kappa shape index (κ2) is 4.69. The van der Waals surface area contributed by atoms with E-state index in [0.717, 1.165) is 5.69 Å². The number of nitrogen functional groups attached to an aromatic ring is 1. The lowest BCUT2D eigenvalue weighted by molar-refractivity contribution is 0.374. The first-order valence-corrected chi connectivity index (χ1v) is 5.09. The van der Waals surface area contributed by atoms with E-state index < -0.39 is 0 Å². The highest BCUT2D eigenvalue weighted by Gasteiger charge is 2.06. The fraction of sp³-hybridized carbons (Fsp3) is 0.167. The van der Waals surface area contributed by atoms with Crippen molar-refractivity contribution in [1.29, 1.82) is 0 Å². The van der Waals surface area contributed by atoms with Crippen LogP contribution >= 0.6 is 0 Å². The van der Waals surface area contributed by atoms with Gasteiger partial charge in [0.2, 0.25) is 5.88 Å². The van der Waals surface area contributed by atoms with Gasteiger partial charge < -0.3 is 15.2 Å².